The largest absolute Gasteiger partial charge is 0.487 e. The number of azo groups is 1. The first-order valence-corrected chi connectivity index (χ1v) is 14.1. The lowest BCUT2D eigenvalue weighted by Crippen LogP contribution is -2.13. The zero-order valence-corrected chi connectivity index (χ0v) is 23.8. The molecule has 13 heteroatoms. The van der Waals surface area contributed by atoms with Crippen molar-refractivity contribution in [2.45, 2.75) is 6.61 Å². The van der Waals surface area contributed by atoms with Crippen LogP contribution in [0.5, 0.6) is 23.0 Å². The van der Waals surface area contributed by atoms with Gasteiger partial charge < -0.3 is 52.5 Å². The van der Waals surface area contributed by atoms with Crippen molar-refractivity contribution in [2.24, 2.45) is 10.2 Å². The van der Waals surface area contributed by atoms with E-state index in [1.807, 2.05) is 0 Å². The van der Waals surface area contributed by atoms with E-state index >= 15 is 0 Å². The van der Waals surface area contributed by atoms with E-state index in [0.29, 0.717) is 146 Å². The number of aliphatic hydroxyl groups is 1. The average Bonchev–Trinajstić information content (AvgIpc) is 3.02. The normalized spacial score (nSPS) is 19.2. The number of hydrogen-bond acceptors (Lipinski definition) is 13. The van der Waals surface area contributed by atoms with Crippen LogP contribution in [0.3, 0.4) is 0 Å². The average molecular weight is 593 g/mol. The molecule has 0 bridgehead atoms. The van der Waals surface area contributed by atoms with Crippen molar-refractivity contribution in [3.8, 4) is 23.0 Å². The summed E-state index contributed by atoms with van der Waals surface area (Å²) in [5.41, 5.74) is 1.50. The van der Waals surface area contributed by atoms with E-state index < -0.39 is 0 Å². The fourth-order valence-electron chi connectivity index (χ4n) is 3.87. The molecule has 42 heavy (non-hydrogen) atoms. The van der Waals surface area contributed by atoms with E-state index in [4.69, 9.17) is 47.4 Å². The van der Waals surface area contributed by atoms with Crippen LogP contribution in [-0.2, 0) is 35.0 Å². The van der Waals surface area contributed by atoms with Gasteiger partial charge in [-0.05, 0) is 18.2 Å². The van der Waals surface area contributed by atoms with Gasteiger partial charge in [-0.1, -0.05) is 0 Å². The second-order valence-corrected chi connectivity index (χ2v) is 8.98. The molecule has 2 aromatic rings. The standard InChI is InChI=1S/C29H40N2O11/c32-22-23-19-27-29(42-18-14-38-10-6-34-4-8-36-12-16-40-27)21-25(23)31-30-24-1-2-26-28(20-24)41-17-13-37-9-5-33-3-7-35-11-15-39-26/h1-2,19-21,32H,3-18,22H2. The van der Waals surface area contributed by atoms with Crippen LogP contribution in [0.2, 0.25) is 0 Å². The molecule has 1 N–H and O–H groups in total. The van der Waals surface area contributed by atoms with Gasteiger partial charge in [0.25, 0.3) is 0 Å². The summed E-state index contributed by atoms with van der Waals surface area (Å²) in [5, 5.41) is 18.9. The highest BCUT2D eigenvalue weighted by molar-refractivity contribution is 5.58. The summed E-state index contributed by atoms with van der Waals surface area (Å²) in [4.78, 5) is 0. The topological polar surface area (TPSA) is 137 Å². The van der Waals surface area contributed by atoms with Crippen molar-refractivity contribution in [1.29, 1.82) is 0 Å². The predicted molar refractivity (Wildman–Crippen MR) is 150 cm³/mol. The van der Waals surface area contributed by atoms with Crippen LogP contribution < -0.4 is 18.9 Å². The molecule has 2 aromatic carbocycles. The Hall–Kier alpha value is -3.04. The molecule has 0 unspecified atom stereocenters. The quantitative estimate of drug-likeness (QED) is 0.526. The molecule has 0 atom stereocenters. The van der Waals surface area contributed by atoms with Crippen LogP contribution in [0.15, 0.2) is 40.6 Å². The molecule has 13 nitrogen and oxygen atoms in total. The number of benzene rings is 2. The Morgan fingerprint density at radius 3 is 1.33 bits per heavy atom. The summed E-state index contributed by atoms with van der Waals surface area (Å²) < 4.78 is 56.7. The van der Waals surface area contributed by atoms with Crippen molar-refractivity contribution in [3.63, 3.8) is 0 Å². The Morgan fingerprint density at radius 2 is 0.857 bits per heavy atom. The lowest BCUT2D eigenvalue weighted by atomic mass is 10.1. The van der Waals surface area contributed by atoms with E-state index in [9.17, 15) is 5.11 Å². The minimum absolute atomic E-state index is 0.268. The molecule has 0 aromatic heterocycles. The Labute approximate surface area is 245 Å². The van der Waals surface area contributed by atoms with Gasteiger partial charge in [0.1, 0.15) is 26.4 Å². The van der Waals surface area contributed by atoms with Crippen LogP contribution >= 0.6 is 0 Å². The fourth-order valence-corrected chi connectivity index (χ4v) is 3.87. The second kappa shape index (κ2) is 19.2. The monoisotopic (exact) mass is 592 g/mol. The predicted octanol–water partition coefficient (Wildman–Crippen LogP) is 3.24. The van der Waals surface area contributed by atoms with E-state index in [1.54, 1.807) is 30.3 Å². The van der Waals surface area contributed by atoms with E-state index in [0.717, 1.165) is 0 Å². The van der Waals surface area contributed by atoms with Gasteiger partial charge in [-0.3, -0.25) is 0 Å². The number of nitrogens with zero attached hydrogens (tertiary/aromatic N) is 2. The number of ether oxygens (including phenoxy) is 10. The van der Waals surface area contributed by atoms with Crippen LogP contribution in [0, 0.1) is 0 Å². The molecule has 0 radical (unpaired) electrons. The summed E-state index contributed by atoms with van der Waals surface area (Å²) in [6.45, 7) is 6.44. The van der Waals surface area contributed by atoms with Crippen molar-refractivity contribution in [1.82, 2.24) is 0 Å². The highest BCUT2D eigenvalue weighted by atomic mass is 16.6. The zero-order chi connectivity index (χ0) is 29.1. The van der Waals surface area contributed by atoms with Gasteiger partial charge in [-0.25, -0.2) is 0 Å². The lowest BCUT2D eigenvalue weighted by Gasteiger charge is -2.15. The maximum Gasteiger partial charge on any atom is 0.163 e. The Morgan fingerprint density at radius 1 is 0.452 bits per heavy atom. The molecule has 4 rings (SSSR count). The van der Waals surface area contributed by atoms with Gasteiger partial charge >= 0.3 is 0 Å². The van der Waals surface area contributed by atoms with Gasteiger partial charge in [0.15, 0.2) is 23.0 Å². The molecular weight excluding hydrogens is 552 g/mol. The maximum absolute atomic E-state index is 10.1. The van der Waals surface area contributed by atoms with Gasteiger partial charge in [-0.15, -0.1) is 0 Å². The first-order valence-electron chi connectivity index (χ1n) is 14.1. The third kappa shape index (κ3) is 11.3. The van der Waals surface area contributed by atoms with Crippen LogP contribution in [0.25, 0.3) is 0 Å². The number of fused-ring (bicyclic) bond motifs is 2. The maximum atomic E-state index is 10.1. The van der Waals surface area contributed by atoms with E-state index in [-0.39, 0.29) is 6.61 Å². The Bertz CT molecular complexity index is 1090. The molecule has 0 spiro atoms. The molecule has 0 amide bonds. The molecule has 0 saturated carbocycles. The zero-order valence-electron chi connectivity index (χ0n) is 23.8. The number of hydrogen-bond donors (Lipinski definition) is 1. The Kier molecular flexibility index (Phi) is 14.6. The number of aliphatic hydroxyl groups excluding tert-OH is 1. The van der Waals surface area contributed by atoms with Gasteiger partial charge in [0.2, 0.25) is 0 Å². The summed E-state index contributed by atoms with van der Waals surface area (Å²) >= 11 is 0. The third-order valence-electron chi connectivity index (χ3n) is 5.94. The van der Waals surface area contributed by atoms with Crippen molar-refractivity contribution >= 4 is 11.4 Å². The highest BCUT2D eigenvalue weighted by Crippen LogP contribution is 2.37. The van der Waals surface area contributed by atoms with Gasteiger partial charge in [0, 0.05) is 17.7 Å². The van der Waals surface area contributed by atoms with Crippen LogP contribution in [0.4, 0.5) is 11.4 Å². The van der Waals surface area contributed by atoms with Crippen molar-refractivity contribution in [2.75, 3.05) is 106 Å². The molecule has 2 heterocycles. The van der Waals surface area contributed by atoms with Crippen molar-refractivity contribution < 1.29 is 52.5 Å². The minimum Gasteiger partial charge on any atom is -0.487 e. The molecular formula is C29H40N2O11. The molecule has 0 fully saturated rings. The Balaban J connectivity index is 1.48. The number of rotatable bonds is 3. The first kappa shape index (κ1) is 31.9. The van der Waals surface area contributed by atoms with Crippen molar-refractivity contribution in [3.05, 3.63) is 35.9 Å². The summed E-state index contributed by atoms with van der Waals surface area (Å²) in [6.07, 6.45) is 0. The fraction of sp³-hybridized carbons (Fsp3) is 0.586. The molecule has 232 valence electrons. The molecule has 0 aliphatic carbocycles. The molecule has 0 saturated heterocycles. The first-order chi connectivity index (χ1) is 20.8. The molecule has 2 aliphatic rings. The van der Waals surface area contributed by atoms with Gasteiger partial charge in [-0.2, -0.15) is 10.2 Å². The minimum atomic E-state index is -0.268. The van der Waals surface area contributed by atoms with Crippen LogP contribution in [-0.4, -0.2) is 111 Å². The SMILES string of the molecule is OCc1cc2c(cc1N=Nc1ccc3c(c1)OCCOCCOCCOCCO3)OCCOCCOCCOCCO2. The lowest BCUT2D eigenvalue weighted by molar-refractivity contribution is 0.00708. The smallest absolute Gasteiger partial charge is 0.163 e. The van der Waals surface area contributed by atoms with Gasteiger partial charge in [0.05, 0.1) is 97.3 Å². The molecule has 2 aliphatic heterocycles. The third-order valence-corrected chi connectivity index (χ3v) is 5.94. The summed E-state index contributed by atoms with van der Waals surface area (Å²) in [7, 11) is 0. The summed E-state index contributed by atoms with van der Waals surface area (Å²) in [5.74, 6) is 2.00. The second-order valence-electron chi connectivity index (χ2n) is 8.98. The summed E-state index contributed by atoms with van der Waals surface area (Å²) in [6, 6.07) is 8.67. The van der Waals surface area contributed by atoms with Crippen LogP contribution in [0.1, 0.15) is 5.56 Å². The van der Waals surface area contributed by atoms with E-state index in [1.165, 1.54) is 0 Å². The highest BCUT2D eigenvalue weighted by Gasteiger charge is 2.14. The van der Waals surface area contributed by atoms with E-state index in [2.05, 4.69) is 10.2 Å².